The smallest absolute Gasteiger partial charge is 0.372 e. The Balaban J connectivity index is 2.11. The number of methoxy groups -OCH3 is 1. The molecule has 0 atom stereocenters. The third-order valence-corrected chi connectivity index (χ3v) is 4.04. The molecule has 2 heterocycles. The summed E-state index contributed by atoms with van der Waals surface area (Å²) in [7, 11) is 3.46. The summed E-state index contributed by atoms with van der Waals surface area (Å²) in [6.45, 7) is 4.90. The fourth-order valence-electron chi connectivity index (χ4n) is 2.44. The molecule has 1 N–H and O–H groups in total. The lowest BCUT2D eigenvalue weighted by molar-refractivity contribution is -0.385. The number of hydrogen-bond donors (Lipinski definition) is 1. The van der Waals surface area contributed by atoms with Crippen LogP contribution in [-0.4, -0.2) is 53.6 Å². The van der Waals surface area contributed by atoms with E-state index in [1.807, 2.05) is 0 Å². The molecule has 0 amide bonds. The largest absolute Gasteiger partial charge is 0.476 e. The van der Waals surface area contributed by atoms with Gasteiger partial charge in [-0.3, -0.25) is 10.1 Å². The zero-order valence-electron chi connectivity index (χ0n) is 12.6. The molecule has 1 saturated heterocycles. The lowest BCUT2D eigenvalue weighted by atomic mass is 9.80. The van der Waals surface area contributed by atoms with E-state index in [1.165, 1.54) is 13.4 Å². The van der Waals surface area contributed by atoms with E-state index in [0.29, 0.717) is 6.54 Å². The summed E-state index contributed by atoms with van der Waals surface area (Å²) in [5.74, 6) is 0.193. The first kappa shape index (κ1) is 15.4. The predicted octanol–water partition coefficient (Wildman–Crippen LogP) is 1.54. The van der Waals surface area contributed by atoms with Crippen LogP contribution < -0.4 is 10.1 Å². The van der Waals surface area contributed by atoms with E-state index in [9.17, 15) is 10.1 Å². The summed E-state index contributed by atoms with van der Waals surface area (Å²) < 4.78 is 4.94. The summed E-state index contributed by atoms with van der Waals surface area (Å²) in [4.78, 5) is 20.7. The standard InChI is InChI=1S/C13H21N5O3/c1-13(4-6-17(2)7-5-13)8-14-11-10(18(19)20)12(21-3)16-9-15-11/h9H,4-8H2,1-3H3,(H,14,15,16). The fourth-order valence-corrected chi connectivity index (χ4v) is 2.44. The Morgan fingerprint density at radius 3 is 2.71 bits per heavy atom. The Morgan fingerprint density at radius 1 is 1.48 bits per heavy atom. The molecular weight excluding hydrogens is 274 g/mol. The van der Waals surface area contributed by atoms with Crippen LogP contribution in [0, 0.1) is 15.5 Å². The van der Waals surface area contributed by atoms with E-state index in [-0.39, 0.29) is 22.8 Å². The minimum Gasteiger partial charge on any atom is -0.476 e. The van der Waals surface area contributed by atoms with Crippen LogP contribution in [0.1, 0.15) is 19.8 Å². The zero-order valence-corrected chi connectivity index (χ0v) is 12.6. The third-order valence-electron chi connectivity index (χ3n) is 4.04. The average molecular weight is 295 g/mol. The minimum atomic E-state index is -0.516. The Kier molecular flexibility index (Phi) is 4.56. The van der Waals surface area contributed by atoms with Crippen LogP contribution in [0.4, 0.5) is 11.5 Å². The van der Waals surface area contributed by atoms with Crippen LogP contribution in [0.3, 0.4) is 0 Å². The monoisotopic (exact) mass is 295 g/mol. The topological polar surface area (TPSA) is 93.4 Å². The summed E-state index contributed by atoms with van der Waals surface area (Å²) in [5.41, 5.74) is -0.102. The van der Waals surface area contributed by atoms with E-state index in [0.717, 1.165) is 25.9 Å². The Labute approximate surface area is 123 Å². The van der Waals surface area contributed by atoms with Crippen LogP contribution in [0.15, 0.2) is 6.33 Å². The first-order valence-corrected chi connectivity index (χ1v) is 6.91. The molecule has 8 nitrogen and oxygen atoms in total. The third kappa shape index (κ3) is 3.57. The molecule has 0 aliphatic carbocycles. The number of hydrogen-bond acceptors (Lipinski definition) is 7. The molecule has 0 bridgehead atoms. The maximum atomic E-state index is 11.2. The number of anilines is 1. The van der Waals surface area contributed by atoms with Gasteiger partial charge in [-0.05, 0) is 38.4 Å². The number of nitrogens with zero attached hydrogens (tertiary/aromatic N) is 4. The molecule has 116 valence electrons. The van der Waals surface area contributed by atoms with E-state index in [4.69, 9.17) is 4.74 Å². The Hall–Kier alpha value is -1.96. The number of ether oxygens (including phenoxy) is 1. The van der Waals surface area contributed by atoms with Crippen molar-refractivity contribution in [1.82, 2.24) is 14.9 Å². The van der Waals surface area contributed by atoms with Crippen molar-refractivity contribution in [3.05, 3.63) is 16.4 Å². The van der Waals surface area contributed by atoms with Gasteiger partial charge < -0.3 is 15.0 Å². The molecule has 1 aromatic heterocycles. The van der Waals surface area contributed by atoms with Crippen LogP contribution in [0.2, 0.25) is 0 Å². The Morgan fingerprint density at radius 2 is 2.14 bits per heavy atom. The van der Waals surface area contributed by atoms with Crippen molar-refractivity contribution in [2.45, 2.75) is 19.8 Å². The van der Waals surface area contributed by atoms with Gasteiger partial charge in [-0.2, -0.15) is 4.98 Å². The normalized spacial score (nSPS) is 18.2. The molecule has 0 aromatic carbocycles. The van der Waals surface area contributed by atoms with Gasteiger partial charge in [0.25, 0.3) is 5.88 Å². The van der Waals surface area contributed by atoms with Gasteiger partial charge in [0.1, 0.15) is 6.33 Å². The summed E-state index contributed by atoms with van der Waals surface area (Å²) in [5, 5.41) is 14.3. The average Bonchev–Trinajstić information content (AvgIpc) is 2.48. The van der Waals surface area contributed by atoms with Crippen molar-refractivity contribution in [3.63, 3.8) is 0 Å². The molecule has 1 aliphatic rings. The van der Waals surface area contributed by atoms with Crippen LogP contribution in [0.25, 0.3) is 0 Å². The maximum absolute atomic E-state index is 11.2. The summed E-state index contributed by atoms with van der Waals surface area (Å²) in [6, 6.07) is 0. The van der Waals surface area contributed by atoms with Crippen LogP contribution >= 0.6 is 0 Å². The summed E-state index contributed by atoms with van der Waals surface area (Å²) in [6.07, 6.45) is 3.37. The van der Waals surface area contributed by atoms with Crippen LogP contribution in [-0.2, 0) is 0 Å². The lowest BCUT2D eigenvalue weighted by Crippen LogP contribution is -2.40. The molecule has 8 heteroatoms. The van der Waals surface area contributed by atoms with Gasteiger partial charge >= 0.3 is 5.69 Å². The van der Waals surface area contributed by atoms with Gasteiger partial charge in [-0.1, -0.05) is 6.92 Å². The predicted molar refractivity (Wildman–Crippen MR) is 78.6 cm³/mol. The molecule has 1 aliphatic heterocycles. The first-order chi connectivity index (χ1) is 9.95. The quantitative estimate of drug-likeness (QED) is 0.650. The van der Waals surface area contributed by atoms with Crippen molar-refractivity contribution < 1.29 is 9.66 Å². The summed E-state index contributed by atoms with van der Waals surface area (Å²) >= 11 is 0. The van der Waals surface area contributed by atoms with Gasteiger partial charge in [0, 0.05) is 6.54 Å². The van der Waals surface area contributed by atoms with Crippen molar-refractivity contribution in [2.75, 3.05) is 39.1 Å². The highest BCUT2D eigenvalue weighted by molar-refractivity contribution is 5.61. The number of rotatable bonds is 5. The Bertz CT molecular complexity index is 515. The van der Waals surface area contributed by atoms with E-state index < -0.39 is 4.92 Å². The molecule has 21 heavy (non-hydrogen) atoms. The molecule has 2 rings (SSSR count). The number of likely N-dealkylation sites (tertiary alicyclic amines) is 1. The number of nitro groups is 1. The molecule has 0 unspecified atom stereocenters. The molecule has 0 saturated carbocycles. The fraction of sp³-hybridized carbons (Fsp3) is 0.692. The van der Waals surface area contributed by atoms with Crippen molar-refractivity contribution in [3.8, 4) is 5.88 Å². The number of aromatic nitrogens is 2. The van der Waals surface area contributed by atoms with E-state index in [1.54, 1.807) is 0 Å². The van der Waals surface area contributed by atoms with Crippen molar-refractivity contribution >= 4 is 11.5 Å². The van der Waals surface area contributed by atoms with Crippen molar-refractivity contribution in [2.24, 2.45) is 5.41 Å². The molecular formula is C13H21N5O3. The number of nitrogens with one attached hydrogen (secondary N) is 1. The highest BCUT2D eigenvalue weighted by Gasteiger charge is 2.31. The van der Waals surface area contributed by atoms with Gasteiger partial charge in [0.15, 0.2) is 0 Å². The van der Waals surface area contributed by atoms with Crippen LogP contribution in [0.5, 0.6) is 5.88 Å². The van der Waals surface area contributed by atoms with Gasteiger partial charge in [-0.25, -0.2) is 4.98 Å². The zero-order chi connectivity index (χ0) is 15.5. The minimum absolute atomic E-state index is 0.0222. The molecule has 1 aromatic rings. The molecule has 1 fully saturated rings. The van der Waals surface area contributed by atoms with Gasteiger partial charge in [0.05, 0.1) is 12.0 Å². The maximum Gasteiger partial charge on any atom is 0.372 e. The number of piperidine rings is 1. The SMILES string of the molecule is COc1ncnc(NCC2(C)CCN(C)CC2)c1[N+](=O)[O-]. The molecule has 0 radical (unpaired) electrons. The second kappa shape index (κ2) is 6.21. The van der Waals surface area contributed by atoms with Gasteiger partial charge in [-0.15, -0.1) is 0 Å². The first-order valence-electron chi connectivity index (χ1n) is 6.91. The van der Waals surface area contributed by atoms with Gasteiger partial charge in [0.2, 0.25) is 5.82 Å². The van der Waals surface area contributed by atoms with E-state index in [2.05, 4.69) is 34.2 Å². The second-order valence-electron chi connectivity index (χ2n) is 5.80. The second-order valence-corrected chi connectivity index (χ2v) is 5.80. The molecule has 0 spiro atoms. The van der Waals surface area contributed by atoms with Crippen molar-refractivity contribution in [1.29, 1.82) is 0 Å². The highest BCUT2D eigenvalue weighted by Crippen LogP contribution is 2.34. The van der Waals surface area contributed by atoms with E-state index >= 15 is 0 Å². The lowest BCUT2D eigenvalue weighted by Gasteiger charge is -2.38. The highest BCUT2D eigenvalue weighted by atomic mass is 16.6.